The lowest BCUT2D eigenvalue weighted by Gasteiger charge is -2.11. The molecule has 0 atom stereocenters. The first kappa shape index (κ1) is 13.5. The van der Waals surface area contributed by atoms with Crippen LogP contribution in [0.4, 0.5) is 13.2 Å². The van der Waals surface area contributed by atoms with E-state index < -0.39 is 17.7 Å². The van der Waals surface area contributed by atoms with Gasteiger partial charge in [0.15, 0.2) is 5.69 Å². The lowest BCUT2D eigenvalue weighted by molar-refractivity contribution is -0.138. The molecular formula is C12H8F3NO2S. The van der Waals surface area contributed by atoms with Crippen LogP contribution in [0.1, 0.15) is 26.6 Å². The van der Waals surface area contributed by atoms with Crippen LogP contribution < -0.4 is 0 Å². The molecule has 2 aromatic rings. The summed E-state index contributed by atoms with van der Waals surface area (Å²) in [6.45, 7) is 0. The maximum Gasteiger partial charge on any atom is 0.416 e. The first-order valence-corrected chi connectivity index (χ1v) is 6.08. The molecular weight excluding hydrogens is 279 g/mol. The average molecular weight is 287 g/mol. The van der Waals surface area contributed by atoms with Gasteiger partial charge in [0.1, 0.15) is 0 Å². The maximum atomic E-state index is 12.8. The second-order valence-electron chi connectivity index (χ2n) is 3.76. The number of carbonyl (C=O) groups is 1. The lowest BCUT2D eigenvalue weighted by Crippen LogP contribution is -2.09. The van der Waals surface area contributed by atoms with Crippen LogP contribution in [-0.4, -0.2) is 16.1 Å². The highest BCUT2D eigenvalue weighted by atomic mass is 32.1. The molecule has 1 N–H and O–H groups in total. The zero-order valence-corrected chi connectivity index (χ0v) is 10.3. The molecule has 1 aromatic heterocycles. The summed E-state index contributed by atoms with van der Waals surface area (Å²) in [5, 5.41) is 10.4. The van der Waals surface area contributed by atoms with E-state index in [9.17, 15) is 18.0 Å². The Kier molecular flexibility index (Phi) is 3.57. The van der Waals surface area contributed by atoms with E-state index in [2.05, 4.69) is 4.98 Å². The first-order valence-electron chi connectivity index (χ1n) is 5.20. The normalized spacial score (nSPS) is 11.5. The molecule has 0 bridgehead atoms. The van der Waals surface area contributed by atoms with Gasteiger partial charge in [0.2, 0.25) is 0 Å². The highest BCUT2D eigenvalue weighted by Gasteiger charge is 2.33. The molecule has 100 valence electrons. The molecule has 19 heavy (non-hydrogen) atoms. The third kappa shape index (κ3) is 3.11. The van der Waals surface area contributed by atoms with Gasteiger partial charge in [-0.2, -0.15) is 13.2 Å². The fraction of sp³-hybridized carbons (Fsp3) is 0.167. The van der Waals surface area contributed by atoms with E-state index in [1.54, 1.807) is 0 Å². The molecule has 1 heterocycles. The summed E-state index contributed by atoms with van der Waals surface area (Å²) in [4.78, 5) is 14.4. The van der Waals surface area contributed by atoms with E-state index in [-0.39, 0.29) is 17.7 Å². The molecule has 0 fully saturated rings. The molecule has 0 saturated carbocycles. The number of thiazole rings is 1. The molecule has 0 amide bonds. The van der Waals surface area contributed by atoms with E-state index in [0.717, 1.165) is 17.4 Å². The van der Waals surface area contributed by atoms with Gasteiger partial charge < -0.3 is 5.11 Å². The molecule has 0 unspecified atom stereocenters. The van der Waals surface area contributed by atoms with Crippen molar-refractivity contribution in [3.63, 3.8) is 0 Å². The monoisotopic (exact) mass is 287 g/mol. The van der Waals surface area contributed by atoms with Crippen molar-refractivity contribution >= 4 is 17.3 Å². The number of aromatic carboxylic acids is 1. The fourth-order valence-electron chi connectivity index (χ4n) is 1.60. The maximum absolute atomic E-state index is 12.8. The van der Waals surface area contributed by atoms with Gasteiger partial charge in [0, 0.05) is 11.8 Å². The number of hydrogen-bond donors (Lipinski definition) is 1. The number of benzene rings is 1. The van der Waals surface area contributed by atoms with Crippen molar-refractivity contribution < 1.29 is 23.1 Å². The highest BCUT2D eigenvalue weighted by Crippen LogP contribution is 2.33. The van der Waals surface area contributed by atoms with Crippen LogP contribution in [0.15, 0.2) is 29.6 Å². The first-order chi connectivity index (χ1) is 8.88. The molecule has 7 heteroatoms. The smallest absolute Gasteiger partial charge is 0.416 e. The van der Waals surface area contributed by atoms with Crippen molar-refractivity contribution in [3.8, 4) is 0 Å². The van der Waals surface area contributed by atoms with Crippen molar-refractivity contribution in [3.05, 3.63) is 51.5 Å². The quantitative estimate of drug-likeness (QED) is 0.940. The minimum atomic E-state index is -4.43. The van der Waals surface area contributed by atoms with Crippen LogP contribution in [0.2, 0.25) is 0 Å². The van der Waals surface area contributed by atoms with E-state index in [1.165, 1.54) is 23.6 Å². The summed E-state index contributed by atoms with van der Waals surface area (Å²) in [7, 11) is 0. The molecule has 0 aliphatic rings. The molecule has 3 nitrogen and oxygen atoms in total. The zero-order valence-electron chi connectivity index (χ0n) is 9.44. The summed E-state index contributed by atoms with van der Waals surface area (Å²) in [6.07, 6.45) is -4.46. The van der Waals surface area contributed by atoms with Crippen molar-refractivity contribution in [2.24, 2.45) is 0 Å². The molecule has 0 saturated heterocycles. The number of carboxylic acid groups (broad SMARTS) is 1. The van der Waals surface area contributed by atoms with E-state index in [1.807, 2.05) is 0 Å². The minimum absolute atomic E-state index is 0.0341. The van der Waals surface area contributed by atoms with Gasteiger partial charge in [0.05, 0.1) is 10.6 Å². The number of nitrogens with zero attached hydrogens (tertiary/aromatic N) is 1. The summed E-state index contributed by atoms with van der Waals surface area (Å²) >= 11 is 1.03. The number of alkyl halides is 3. The van der Waals surface area contributed by atoms with Crippen molar-refractivity contribution in [2.75, 3.05) is 0 Å². The Bertz CT molecular complexity index is 607. The van der Waals surface area contributed by atoms with Gasteiger partial charge in [-0.25, -0.2) is 9.78 Å². The molecule has 0 spiro atoms. The topological polar surface area (TPSA) is 50.2 Å². The summed E-state index contributed by atoms with van der Waals surface area (Å²) in [6, 6.07) is 5.19. The Morgan fingerprint density at radius 3 is 2.58 bits per heavy atom. The molecule has 0 aliphatic carbocycles. The van der Waals surface area contributed by atoms with Crippen molar-refractivity contribution in [2.45, 2.75) is 12.6 Å². The molecule has 0 radical (unpaired) electrons. The van der Waals surface area contributed by atoms with Crippen molar-refractivity contribution in [1.82, 2.24) is 4.98 Å². The van der Waals surface area contributed by atoms with Crippen LogP contribution in [0.3, 0.4) is 0 Å². The Morgan fingerprint density at radius 2 is 2.00 bits per heavy atom. The van der Waals surface area contributed by atoms with Crippen LogP contribution in [-0.2, 0) is 12.6 Å². The number of aromatic nitrogens is 1. The molecule has 1 aromatic carbocycles. The molecule has 0 aliphatic heterocycles. The summed E-state index contributed by atoms with van der Waals surface area (Å²) in [5.74, 6) is -1.19. The van der Waals surface area contributed by atoms with Gasteiger partial charge in [0.25, 0.3) is 0 Å². The van der Waals surface area contributed by atoms with Gasteiger partial charge in [-0.05, 0) is 11.6 Å². The third-order valence-corrected chi connectivity index (χ3v) is 3.28. The summed E-state index contributed by atoms with van der Waals surface area (Å²) < 4.78 is 38.3. The highest BCUT2D eigenvalue weighted by molar-refractivity contribution is 7.09. The van der Waals surface area contributed by atoms with E-state index in [0.29, 0.717) is 5.01 Å². The Morgan fingerprint density at radius 1 is 1.32 bits per heavy atom. The summed E-state index contributed by atoms with van der Waals surface area (Å²) in [5.41, 5.74) is -0.784. The molecule has 2 rings (SSSR count). The number of rotatable bonds is 3. The second kappa shape index (κ2) is 5.00. The Labute approximate surface area is 110 Å². The predicted octanol–water partition coefficient (Wildman–Crippen LogP) is 3.45. The third-order valence-electron chi connectivity index (χ3n) is 2.44. The number of carboxylic acids is 1. The van der Waals surface area contributed by atoms with E-state index >= 15 is 0 Å². The number of hydrogen-bond acceptors (Lipinski definition) is 3. The van der Waals surface area contributed by atoms with E-state index in [4.69, 9.17) is 5.11 Å². The lowest BCUT2D eigenvalue weighted by atomic mass is 10.0. The van der Waals surface area contributed by atoms with Crippen LogP contribution >= 0.6 is 11.3 Å². The SMILES string of the molecule is O=C(O)c1csc(Cc2ccccc2C(F)(F)F)n1. The van der Waals surface area contributed by atoms with Gasteiger partial charge >= 0.3 is 12.1 Å². The van der Waals surface area contributed by atoms with Crippen LogP contribution in [0.5, 0.6) is 0 Å². The van der Waals surface area contributed by atoms with Gasteiger partial charge in [-0.1, -0.05) is 18.2 Å². The Balaban J connectivity index is 2.30. The van der Waals surface area contributed by atoms with Crippen LogP contribution in [0, 0.1) is 0 Å². The van der Waals surface area contributed by atoms with Crippen LogP contribution in [0.25, 0.3) is 0 Å². The standard InChI is InChI=1S/C12H8F3NO2S/c13-12(14,15)8-4-2-1-3-7(8)5-10-16-9(6-19-10)11(17)18/h1-4,6H,5H2,(H,17,18). The van der Waals surface area contributed by atoms with Crippen molar-refractivity contribution in [1.29, 1.82) is 0 Å². The number of halogens is 3. The minimum Gasteiger partial charge on any atom is -0.476 e. The Hall–Kier alpha value is -1.89. The fourth-order valence-corrected chi connectivity index (χ4v) is 2.40. The largest absolute Gasteiger partial charge is 0.476 e. The average Bonchev–Trinajstić information content (AvgIpc) is 2.77. The van der Waals surface area contributed by atoms with Gasteiger partial charge in [-0.15, -0.1) is 11.3 Å². The second-order valence-corrected chi connectivity index (χ2v) is 4.71. The predicted molar refractivity (Wildman–Crippen MR) is 63.3 cm³/mol. The van der Waals surface area contributed by atoms with Gasteiger partial charge in [-0.3, -0.25) is 0 Å². The zero-order chi connectivity index (χ0) is 14.0.